The van der Waals surface area contributed by atoms with E-state index in [0.717, 1.165) is 6.54 Å². The van der Waals surface area contributed by atoms with E-state index in [0.29, 0.717) is 6.54 Å². The second kappa shape index (κ2) is 2.33. The number of benzene rings is 1. The van der Waals surface area contributed by atoms with Gasteiger partial charge in [0.2, 0.25) is 5.91 Å². The summed E-state index contributed by atoms with van der Waals surface area (Å²) in [5, 5.41) is 3.20. The van der Waals surface area contributed by atoms with Crippen molar-refractivity contribution in [1.29, 1.82) is 0 Å². The van der Waals surface area contributed by atoms with Crippen molar-refractivity contribution in [3.8, 4) is 0 Å². The van der Waals surface area contributed by atoms with Gasteiger partial charge in [0.25, 0.3) is 0 Å². The van der Waals surface area contributed by atoms with E-state index in [4.69, 9.17) is 0 Å². The number of amides is 1. The zero-order valence-corrected chi connectivity index (χ0v) is 7.16. The fourth-order valence-corrected chi connectivity index (χ4v) is 2.13. The minimum atomic E-state index is 0.142. The molecular formula is C10H10N2O. The molecule has 3 heteroatoms. The van der Waals surface area contributed by atoms with Gasteiger partial charge in [0.15, 0.2) is 0 Å². The number of hydrogen-bond donors (Lipinski definition) is 1. The van der Waals surface area contributed by atoms with Crippen LogP contribution < -0.4 is 5.32 Å². The molecule has 3 nitrogen and oxygen atoms in total. The van der Waals surface area contributed by atoms with E-state index in [-0.39, 0.29) is 12.1 Å². The van der Waals surface area contributed by atoms with Crippen LogP contribution in [0.3, 0.4) is 0 Å². The number of carbonyl (C=O) groups excluding carboxylic acids is 1. The molecule has 2 aliphatic heterocycles. The Balaban J connectivity index is 2.09. The lowest BCUT2D eigenvalue weighted by atomic mass is 10.1. The van der Waals surface area contributed by atoms with E-state index >= 15 is 0 Å². The molecule has 1 atom stereocenters. The Labute approximate surface area is 76.4 Å². The highest BCUT2D eigenvalue weighted by Crippen LogP contribution is 2.33. The Morgan fingerprint density at radius 1 is 1.38 bits per heavy atom. The summed E-state index contributed by atoms with van der Waals surface area (Å²) in [6, 6.07) is 8.21. The van der Waals surface area contributed by atoms with Crippen LogP contribution in [-0.2, 0) is 11.3 Å². The van der Waals surface area contributed by atoms with Crippen molar-refractivity contribution in [2.75, 3.05) is 6.54 Å². The average molecular weight is 174 g/mol. The minimum absolute atomic E-state index is 0.142. The van der Waals surface area contributed by atoms with Crippen molar-refractivity contribution in [3.05, 3.63) is 35.4 Å². The highest BCUT2D eigenvalue weighted by Gasteiger charge is 2.37. The quantitative estimate of drug-likeness (QED) is 0.625. The molecule has 1 fully saturated rings. The summed E-state index contributed by atoms with van der Waals surface area (Å²) in [6.45, 7) is 1.26. The standard InChI is InChI=1S/C10H10N2O/c13-9-5-11-10-8-4-2-1-3-7(8)6-12(9)10/h1-4,10-11H,5-6H2. The maximum atomic E-state index is 11.4. The topological polar surface area (TPSA) is 32.3 Å². The number of carbonyl (C=O) groups is 1. The van der Waals surface area contributed by atoms with Gasteiger partial charge in [0.05, 0.1) is 6.54 Å². The van der Waals surface area contributed by atoms with Gasteiger partial charge < -0.3 is 4.90 Å². The van der Waals surface area contributed by atoms with Crippen LogP contribution in [0.15, 0.2) is 24.3 Å². The Morgan fingerprint density at radius 2 is 2.23 bits per heavy atom. The van der Waals surface area contributed by atoms with Gasteiger partial charge in [0.1, 0.15) is 6.17 Å². The first kappa shape index (κ1) is 7.09. The first-order chi connectivity index (χ1) is 6.36. The van der Waals surface area contributed by atoms with Crippen LogP contribution in [0.5, 0.6) is 0 Å². The van der Waals surface area contributed by atoms with Gasteiger partial charge in [-0.05, 0) is 11.1 Å². The summed E-state index contributed by atoms with van der Waals surface area (Å²) < 4.78 is 0. The van der Waals surface area contributed by atoms with Gasteiger partial charge in [-0.15, -0.1) is 0 Å². The maximum absolute atomic E-state index is 11.4. The molecule has 0 aliphatic carbocycles. The van der Waals surface area contributed by atoms with Crippen LogP contribution in [0.1, 0.15) is 17.3 Å². The van der Waals surface area contributed by atoms with Crippen LogP contribution >= 0.6 is 0 Å². The molecule has 66 valence electrons. The predicted octanol–water partition coefficient (Wildman–Crippen LogP) is 0.631. The molecule has 3 rings (SSSR count). The van der Waals surface area contributed by atoms with E-state index in [9.17, 15) is 4.79 Å². The normalized spacial score (nSPS) is 24.8. The van der Waals surface area contributed by atoms with Crippen LogP contribution in [0.25, 0.3) is 0 Å². The summed E-state index contributed by atoms with van der Waals surface area (Å²) >= 11 is 0. The molecule has 1 N–H and O–H groups in total. The second-order valence-corrected chi connectivity index (χ2v) is 3.50. The lowest BCUT2D eigenvalue weighted by molar-refractivity contribution is -0.128. The van der Waals surface area contributed by atoms with Crippen molar-refractivity contribution in [2.45, 2.75) is 12.7 Å². The summed E-state index contributed by atoms with van der Waals surface area (Å²) in [5.74, 6) is 0.209. The largest absolute Gasteiger partial charge is 0.317 e. The summed E-state index contributed by atoms with van der Waals surface area (Å²) in [5.41, 5.74) is 2.53. The minimum Gasteiger partial charge on any atom is -0.317 e. The molecule has 1 saturated heterocycles. The molecule has 13 heavy (non-hydrogen) atoms. The molecule has 0 aromatic heterocycles. The van der Waals surface area contributed by atoms with Crippen molar-refractivity contribution in [3.63, 3.8) is 0 Å². The number of nitrogens with zero attached hydrogens (tertiary/aromatic N) is 1. The lowest BCUT2D eigenvalue weighted by Crippen LogP contribution is -2.22. The molecule has 1 aromatic carbocycles. The monoisotopic (exact) mass is 174 g/mol. The lowest BCUT2D eigenvalue weighted by Gasteiger charge is -2.14. The number of fused-ring (bicyclic) bond motifs is 3. The summed E-state index contributed by atoms with van der Waals surface area (Å²) in [6.07, 6.45) is 0.142. The molecular weight excluding hydrogens is 164 g/mol. The van der Waals surface area contributed by atoms with Gasteiger partial charge in [-0.3, -0.25) is 10.1 Å². The third-order valence-corrected chi connectivity index (χ3v) is 2.77. The van der Waals surface area contributed by atoms with Gasteiger partial charge in [-0.1, -0.05) is 24.3 Å². The molecule has 0 bridgehead atoms. The van der Waals surface area contributed by atoms with Crippen LogP contribution in [0.4, 0.5) is 0 Å². The smallest absolute Gasteiger partial charge is 0.238 e. The fourth-order valence-electron chi connectivity index (χ4n) is 2.13. The Kier molecular flexibility index (Phi) is 1.27. The second-order valence-electron chi connectivity index (χ2n) is 3.50. The number of hydrogen-bond acceptors (Lipinski definition) is 2. The van der Waals surface area contributed by atoms with E-state index in [1.54, 1.807) is 0 Å². The number of rotatable bonds is 0. The van der Waals surface area contributed by atoms with E-state index in [1.807, 2.05) is 17.0 Å². The fraction of sp³-hybridized carbons (Fsp3) is 0.300. The van der Waals surface area contributed by atoms with Crippen molar-refractivity contribution < 1.29 is 4.79 Å². The van der Waals surface area contributed by atoms with Crippen LogP contribution in [0, 0.1) is 0 Å². The SMILES string of the molecule is O=C1CNC2c3ccccc3CN12. The van der Waals surface area contributed by atoms with Crippen LogP contribution in [-0.4, -0.2) is 17.4 Å². The molecule has 0 spiro atoms. The molecule has 2 aliphatic rings. The molecule has 2 heterocycles. The molecule has 1 amide bonds. The van der Waals surface area contributed by atoms with E-state index in [2.05, 4.69) is 17.4 Å². The van der Waals surface area contributed by atoms with Gasteiger partial charge in [-0.2, -0.15) is 0 Å². The first-order valence-corrected chi connectivity index (χ1v) is 4.47. The highest BCUT2D eigenvalue weighted by atomic mass is 16.2. The summed E-state index contributed by atoms with van der Waals surface area (Å²) in [4.78, 5) is 13.3. The van der Waals surface area contributed by atoms with Crippen molar-refractivity contribution in [2.24, 2.45) is 0 Å². The van der Waals surface area contributed by atoms with E-state index < -0.39 is 0 Å². The van der Waals surface area contributed by atoms with E-state index in [1.165, 1.54) is 11.1 Å². The predicted molar refractivity (Wildman–Crippen MR) is 47.7 cm³/mol. The zero-order chi connectivity index (χ0) is 8.84. The van der Waals surface area contributed by atoms with Gasteiger partial charge >= 0.3 is 0 Å². The molecule has 0 radical (unpaired) electrons. The van der Waals surface area contributed by atoms with Crippen molar-refractivity contribution >= 4 is 5.91 Å². The molecule has 1 aromatic rings. The Morgan fingerprint density at radius 3 is 3.15 bits per heavy atom. The van der Waals surface area contributed by atoms with Gasteiger partial charge in [-0.25, -0.2) is 0 Å². The maximum Gasteiger partial charge on any atom is 0.238 e. The zero-order valence-electron chi connectivity index (χ0n) is 7.16. The van der Waals surface area contributed by atoms with Crippen molar-refractivity contribution in [1.82, 2.24) is 10.2 Å². The van der Waals surface area contributed by atoms with Crippen LogP contribution in [0.2, 0.25) is 0 Å². The number of nitrogens with one attached hydrogen (secondary N) is 1. The molecule has 0 saturated carbocycles. The highest BCUT2D eigenvalue weighted by molar-refractivity contribution is 5.81. The first-order valence-electron chi connectivity index (χ1n) is 4.47. The summed E-state index contributed by atoms with van der Waals surface area (Å²) in [7, 11) is 0. The average Bonchev–Trinajstić information content (AvgIpc) is 2.67. The Hall–Kier alpha value is -1.35. The Bertz CT molecular complexity index is 375. The third kappa shape index (κ3) is 0.848. The third-order valence-electron chi connectivity index (χ3n) is 2.77. The molecule has 1 unspecified atom stereocenters. The van der Waals surface area contributed by atoms with Gasteiger partial charge in [0, 0.05) is 6.54 Å².